The normalized spacial score (nSPS) is 22.4. The van der Waals surface area contributed by atoms with Crippen LogP contribution in [0.2, 0.25) is 5.02 Å². The van der Waals surface area contributed by atoms with Crippen molar-refractivity contribution in [1.82, 2.24) is 30.0 Å². The van der Waals surface area contributed by atoms with Crippen LogP contribution in [0.25, 0.3) is 5.69 Å². The third kappa shape index (κ3) is 4.31. The Kier molecular flexibility index (Phi) is 6.15. The van der Waals surface area contributed by atoms with Crippen LogP contribution >= 0.6 is 11.6 Å². The summed E-state index contributed by atoms with van der Waals surface area (Å²) in [6.07, 6.45) is 5.21. The van der Waals surface area contributed by atoms with E-state index in [1.54, 1.807) is 18.2 Å². The summed E-state index contributed by atoms with van der Waals surface area (Å²) in [5, 5.41) is 15.2. The largest absolute Gasteiger partial charge is 0.336 e. The maximum atomic E-state index is 14.9. The Hall–Kier alpha value is -3.89. The second-order valence-electron chi connectivity index (χ2n) is 10.4. The highest BCUT2D eigenvalue weighted by Crippen LogP contribution is 2.51. The fraction of sp³-hybridized carbons (Fsp3) is 0.385. The summed E-state index contributed by atoms with van der Waals surface area (Å²) in [6, 6.07) is 8.24. The predicted molar refractivity (Wildman–Crippen MR) is 138 cm³/mol. The molecule has 1 N–H and O–H groups in total. The first-order chi connectivity index (χ1) is 19.1. The van der Waals surface area contributed by atoms with Gasteiger partial charge in [-0.2, -0.15) is 10.4 Å². The topological polar surface area (TPSA) is 151 Å². The Morgan fingerprint density at radius 2 is 1.95 bits per heavy atom. The highest BCUT2D eigenvalue weighted by molar-refractivity contribution is 7.92. The molecule has 2 aliphatic carbocycles. The van der Waals surface area contributed by atoms with Gasteiger partial charge in [-0.3, -0.25) is 14.6 Å². The van der Waals surface area contributed by atoms with Crippen LogP contribution in [0.5, 0.6) is 0 Å². The molecule has 1 aliphatic heterocycles. The molecule has 2 aromatic heterocycles. The maximum Gasteiger partial charge on any atom is 0.244 e. The summed E-state index contributed by atoms with van der Waals surface area (Å²) in [4.78, 5) is 36.6. The van der Waals surface area contributed by atoms with Crippen LogP contribution in [-0.4, -0.2) is 68.3 Å². The Morgan fingerprint density at radius 3 is 2.58 bits per heavy atom. The predicted octanol–water partition coefficient (Wildman–Crippen LogP) is 2.10. The van der Waals surface area contributed by atoms with Crippen molar-refractivity contribution in [2.75, 3.05) is 6.54 Å². The molecule has 3 aliphatic rings. The smallest absolute Gasteiger partial charge is 0.244 e. The number of sulfone groups is 1. The van der Waals surface area contributed by atoms with Gasteiger partial charge in [0.05, 0.1) is 38.0 Å². The number of nitriles is 1. The zero-order valence-corrected chi connectivity index (χ0v) is 22.6. The summed E-state index contributed by atoms with van der Waals surface area (Å²) in [6.45, 7) is -0.290. The fourth-order valence-corrected chi connectivity index (χ4v) is 7.34. The van der Waals surface area contributed by atoms with E-state index in [9.17, 15) is 27.7 Å². The number of para-hydroxylation sites is 1. The zero-order chi connectivity index (χ0) is 28.3. The average Bonchev–Trinajstić information content (AvgIpc) is 3.77. The first kappa shape index (κ1) is 26.3. The highest BCUT2D eigenvalue weighted by atomic mass is 35.5. The molecule has 3 heterocycles. The Labute approximate surface area is 233 Å². The Balaban J connectivity index is 1.36. The molecule has 1 saturated heterocycles. The fourth-order valence-electron chi connectivity index (χ4n) is 5.32. The van der Waals surface area contributed by atoms with Crippen molar-refractivity contribution >= 4 is 33.3 Å². The molecule has 0 spiro atoms. The molecule has 6 rings (SSSR count). The molecule has 2 amide bonds. The molecular formula is C26H23ClFN7O4S. The SMILES string of the molecule is N#CC1(NC(=O)[C@@H]2C[C@@H](S(=O)(=O)c3ccccc3-n3cncn3)CN2C(=O)C2(c3ncc(Cl)cc3F)CC2)CC1. The first-order valence-electron chi connectivity index (χ1n) is 12.6. The van der Waals surface area contributed by atoms with Crippen LogP contribution in [0.1, 0.15) is 37.8 Å². The molecule has 3 aromatic rings. The summed E-state index contributed by atoms with van der Waals surface area (Å²) in [5.41, 5.74) is -2.15. The summed E-state index contributed by atoms with van der Waals surface area (Å²) >= 11 is 5.86. The van der Waals surface area contributed by atoms with Crippen LogP contribution in [-0.2, 0) is 24.8 Å². The number of carbonyl (C=O) groups is 2. The van der Waals surface area contributed by atoms with Gasteiger partial charge in [0.15, 0.2) is 9.84 Å². The lowest BCUT2D eigenvalue weighted by atomic mass is 9.98. The highest BCUT2D eigenvalue weighted by Gasteiger charge is 2.60. The second-order valence-corrected chi connectivity index (χ2v) is 13.1. The number of aromatic nitrogens is 4. The third-order valence-corrected chi connectivity index (χ3v) is 10.2. The molecular weight excluding hydrogens is 561 g/mol. The number of likely N-dealkylation sites (tertiary alicyclic amines) is 1. The van der Waals surface area contributed by atoms with E-state index in [1.165, 1.54) is 34.5 Å². The number of nitrogens with zero attached hydrogens (tertiary/aromatic N) is 6. The van der Waals surface area contributed by atoms with E-state index in [4.69, 9.17) is 11.6 Å². The average molecular weight is 584 g/mol. The van der Waals surface area contributed by atoms with Crippen molar-refractivity contribution in [2.45, 2.75) is 59.2 Å². The van der Waals surface area contributed by atoms with Crippen LogP contribution in [0.4, 0.5) is 4.39 Å². The molecule has 0 radical (unpaired) electrons. The van der Waals surface area contributed by atoms with Crippen LogP contribution < -0.4 is 5.32 Å². The van der Waals surface area contributed by atoms with E-state index < -0.39 is 49.7 Å². The third-order valence-electron chi connectivity index (χ3n) is 7.85. The number of benzene rings is 1. The van der Waals surface area contributed by atoms with E-state index >= 15 is 0 Å². The number of hydrogen-bond acceptors (Lipinski definition) is 8. The van der Waals surface area contributed by atoms with Crippen molar-refractivity contribution in [1.29, 1.82) is 5.26 Å². The first-order valence-corrected chi connectivity index (χ1v) is 14.6. The van der Waals surface area contributed by atoms with Gasteiger partial charge in [0, 0.05) is 12.7 Å². The van der Waals surface area contributed by atoms with Crippen molar-refractivity contribution in [3.63, 3.8) is 0 Å². The van der Waals surface area contributed by atoms with Crippen LogP contribution in [0, 0.1) is 17.1 Å². The number of nitrogens with one attached hydrogen (secondary N) is 1. The number of carbonyl (C=O) groups excluding carboxylic acids is 2. The summed E-state index contributed by atoms with van der Waals surface area (Å²) in [5.74, 6) is -1.94. The molecule has 0 bridgehead atoms. The molecule has 2 atom stereocenters. The van der Waals surface area contributed by atoms with Gasteiger partial charge in [-0.05, 0) is 50.3 Å². The Bertz CT molecular complexity index is 1670. The van der Waals surface area contributed by atoms with E-state index in [1.807, 2.05) is 0 Å². The summed E-state index contributed by atoms with van der Waals surface area (Å²) in [7, 11) is -4.10. The van der Waals surface area contributed by atoms with Crippen molar-refractivity contribution in [3.05, 3.63) is 65.7 Å². The van der Waals surface area contributed by atoms with Crippen LogP contribution in [0.3, 0.4) is 0 Å². The van der Waals surface area contributed by atoms with E-state index in [0.717, 1.165) is 6.07 Å². The van der Waals surface area contributed by atoms with Gasteiger partial charge in [-0.25, -0.2) is 22.5 Å². The minimum atomic E-state index is -4.10. The standard InChI is InChI=1S/C26H23ClFN7O4S/c27-16-9-18(28)22(31-11-16)26(7-8-26)24(37)34-12-17(10-20(34)23(36)33-25(13-29)5-6-25)40(38,39)21-4-2-1-3-19(21)35-15-30-14-32-35/h1-4,9,11,14-15,17,20H,5-8,10,12H2,(H,33,36)/t17-,20+/m1/s1. The lowest BCUT2D eigenvalue weighted by Crippen LogP contribution is -2.52. The van der Waals surface area contributed by atoms with Gasteiger partial charge in [-0.1, -0.05) is 23.7 Å². The minimum Gasteiger partial charge on any atom is -0.336 e. The molecule has 11 nitrogen and oxygen atoms in total. The second kappa shape index (κ2) is 9.35. The Morgan fingerprint density at radius 1 is 1.20 bits per heavy atom. The van der Waals surface area contributed by atoms with Crippen molar-refractivity contribution < 1.29 is 22.4 Å². The molecule has 1 aromatic carbocycles. The molecule has 3 fully saturated rings. The van der Waals surface area contributed by atoms with Gasteiger partial charge in [0.2, 0.25) is 11.8 Å². The number of amides is 2. The number of hydrogen-bond donors (Lipinski definition) is 1. The lowest BCUT2D eigenvalue weighted by molar-refractivity contribution is -0.140. The summed E-state index contributed by atoms with van der Waals surface area (Å²) < 4.78 is 44.2. The van der Waals surface area contributed by atoms with Crippen molar-refractivity contribution in [3.8, 4) is 11.8 Å². The monoisotopic (exact) mass is 583 g/mol. The number of pyridine rings is 1. The zero-order valence-electron chi connectivity index (χ0n) is 21.0. The van der Waals surface area contributed by atoms with Gasteiger partial charge >= 0.3 is 0 Å². The van der Waals surface area contributed by atoms with E-state index in [2.05, 4.69) is 26.5 Å². The van der Waals surface area contributed by atoms with Crippen LogP contribution in [0.15, 0.2) is 54.1 Å². The van der Waals surface area contributed by atoms with E-state index in [0.29, 0.717) is 12.8 Å². The molecule has 0 unspecified atom stereocenters. The maximum absolute atomic E-state index is 14.9. The van der Waals surface area contributed by atoms with Gasteiger partial charge in [0.1, 0.15) is 30.1 Å². The van der Waals surface area contributed by atoms with Gasteiger partial charge in [0.25, 0.3) is 0 Å². The number of rotatable bonds is 7. The molecule has 206 valence electrons. The van der Waals surface area contributed by atoms with Crippen molar-refractivity contribution in [2.24, 2.45) is 0 Å². The molecule has 40 heavy (non-hydrogen) atoms. The lowest BCUT2D eigenvalue weighted by Gasteiger charge is -2.28. The molecule has 2 saturated carbocycles. The minimum absolute atomic E-state index is 0.0267. The number of halogens is 2. The van der Waals surface area contributed by atoms with E-state index in [-0.39, 0.29) is 47.1 Å². The quantitative estimate of drug-likeness (QED) is 0.444. The van der Waals surface area contributed by atoms with Gasteiger partial charge < -0.3 is 10.2 Å². The van der Waals surface area contributed by atoms with Gasteiger partial charge in [-0.15, -0.1) is 0 Å². The molecule has 14 heteroatoms.